The minimum atomic E-state index is -0.950. The molecule has 2 aromatic heterocycles. The third kappa shape index (κ3) is 2.78. The first-order valence-electron chi connectivity index (χ1n) is 6.11. The summed E-state index contributed by atoms with van der Waals surface area (Å²) in [6, 6.07) is 4.18. The zero-order valence-corrected chi connectivity index (χ0v) is 12.0. The monoisotopic (exact) mass is 279 g/mol. The fourth-order valence-corrected chi connectivity index (χ4v) is 2.89. The number of nitrogens with zero attached hydrogens (tertiary/aromatic N) is 2. The van der Waals surface area contributed by atoms with Crippen molar-refractivity contribution < 1.29 is 9.90 Å². The van der Waals surface area contributed by atoms with Crippen LogP contribution in [0.4, 0.5) is 5.82 Å². The van der Waals surface area contributed by atoms with Crippen molar-refractivity contribution >= 4 is 23.1 Å². The van der Waals surface area contributed by atoms with Crippen LogP contribution in [-0.4, -0.2) is 20.9 Å². The number of anilines is 1. The van der Waals surface area contributed by atoms with Gasteiger partial charge in [0.25, 0.3) is 0 Å². The van der Waals surface area contributed by atoms with Crippen LogP contribution in [0, 0.1) is 6.92 Å². The molecule has 19 heavy (non-hydrogen) atoms. The minimum absolute atomic E-state index is 0.245. The largest absolute Gasteiger partial charge is 0.477 e. The summed E-state index contributed by atoms with van der Waals surface area (Å²) < 4.78 is 1.58. The van der Waals surface area contributed by atoms with E-state index in [1.807, 2.05) is 0 Å². The fraction of sp³-hybridized carbons (Fsp3) is 0.385. The highest BCUT2D eigenvalue weighted by molar-refractivity contribution is 7.12. The lowest BCUT2D eigenvalue weighted by Gasteiger charge is -2.06. The molecule has 5 nitrogen and oxygen atoms in total. The van der Waals surface area contributed by atoms with Crippen molar-refractivity contribution in [3.63, 3.8) is 0 Å². The number of nitrogens with one attached hydrogen (secondary N) is 1. The van der Waals surface area contributed by atoms with E-state index in [9.17, 15) is 9.90 Å². The van der Waals surface area contributed by atoms with Crippen LogP contribution in [0.3, 0.4) is 0 Å². The van der Waals surface area contributed by atoms with E-state index < -0.39 is 5.97 Å². The third-order valence-corrected chi connectivity index (χ3v) is 4.16. The van der Waals surface area contributed by atoms with E-state index in [0.717, 1.165) is 6.42 Å². The van der Waals surface area contributed by atoms with Gasteiger partial charge in [0.1, 0.15) is 11.4 Å². The number of carboxylic acid groups (broad SMARTS) is 1. The van der Waals surface area contributed by atoms with Gasteiger partial charge in [-0.2, -0.15) is 5.10 Å². The molecule has 0 aliphatic carbocycles. The molecule has 0 atom stereocenters. The van der Waals surface area contributed by atoms with Crippen LogP contribution in [0.5, 0.6) is 0 Å². The van der Waals surface area contributed by atoms with Gasteiger partial charge in [0.2, 0.25) is 0 Å². The molecule has 0 aliphatic rings. The molecule has 6 heteroatoms. The molecule has 2 heterocycles. The summed E-state index contributed by atoms with van der Waals surface area (Å²) in [5.74, 6) is -0.398. The van der Waals surface area contributed by atoms with Gasteiger partial charge in [0.15, 0.2) is 0 Å². The van der Waals surface area contributed by atoms with E-state index >= 15 is 0 Å². The Morgan fingerprint density at radius 3 is 2.74 bits per heavy atom. The van der Waals surface area contributed by atoms with Crippen molar-refractivity contribution in [2.45, 2.75) is 26.8 Å². The van der Waals surface area contributed by atoms with Crippen molar-refractivity contribution in [3.8, 4) is 0 Å². The van der Waals surface area contributed by atoms with Gasteiger partial charge in [-0.1, -0.05) is 6.92 Å². The molecule has 2 N–H and O–H groups in total. The summed E-state index contributed by atoms with van der Waals surface area (Å²) in [7, 11) is 1.74. The number of carboxylic acids is 1. The Labute approximate surface area is 115 Å². The highest BCUT2D eigenvalue weighted by Crippen LogP contribution is 2.22. The second-order valence-corrected chi connectivity index (χ2v) is 5.57. The molecule has 0 bridgehead atoms. The molecule has 0 saturated carbocycles. The van der Waals surface area contributed by atoms with Crippen molar-refractivity contribution in [3.05, 3.63) is 33.1 Å². The molecule has 0 aromatic carbocycles. The Balaban J connectivity index is 2.17. The van der Waals surface area contributed by atoms with Gasteiger partial charge in [0, 0.05) is 16.8 Å². The number of aromatic nitrogens is 2. The minimum Gasteiger partial charge on any atom is -0.477 e. The molecule has 2 rings (SSSR count). The molecule has 0 saturated heterocycles. The molecule has 0 radical (unpaired) electrons. The Kier molecular flexibility index (Phi) is 3.90. The van der Waals surface area contributed by atoms with Crippen molar-refractivity contribution in [2.75, 3.05) is 5.32 Å². The summed E-state index contributed by atoms with van der Waals surface area (Å²) in [5, 5.41) is 16.5. The lowest BCUT2D eigenvalue weighted by atomic mass is 10.2. The Hall–Kier alpha value is -1.82. The van der Waals surface area contributed by atoms with Gasteiger partial charge in [-0.3, -0.25) is 4.68 Å². The smallest absolute Gasteiger partial charge is 0.341 e. The maximum Gasteiger partial charge on any atom is 0.341 e. The maximum atomic E-state index is 11.2. The predicted molar refractivity (Wildman–Crippen MR) is 75.9 cm³/mol. The van der Waals surface area contributed by atoms with E-state index in [1.54, 1.807) is 30.0 Å². The number of aryl methyl sites for hydroxylation is 3. The second-order valence-electron chi connectivity index (χ2n) is 4.31. The molecule has 2 aromatic rings. The summed E-state index contributed by atoms with van der Waals surface area (Å²) in [4.78, 5) is 13.7. The fourth-order valence-electron chi connectivity index (χ4n) is 2.00. The molecule has 102 valence electrons. The van der Waals surface area contributed by atoms with Crippen molar-refractivity contribution in [2.24, 2.45) is 7.05 Å². The average Bonchev–Trinajstić information content (AvgIpc) is 2.90. The number of thiophene rings is 1. The number of aromatic carboxylic acids is 1. The van der Waals surface area contributed by atoms with Gasteiger partial charge >= 0.3 is 5.97 Å². The Morgan fingerprint density at radius 1 is 1.47 bits per heavy atom. The summed E-state index contributed by atoms with van der Waals surface area (Å²) >= 11 is 1.74. The molecule has 0 aliphatic heterocycles. The van der Waals surface area contributed by atoms with Crippen molar-refractivity contribution in [1.29, 1.82) is 0 Å². The number of rotatable bonds is 5. The first-order chi connectivity index (χ1) is 9.02. The van der Waals surface area contributed by atoms with Gasteiger partial charge in [-0.15, -0.1) is 11.3 Å². The first kappa shape index (κ1) is 13.6. The van der Waals surface area contributed by atoms with Gasteiger partial charge in [0.05, 0.1) is 12.2 Å². The number of carbonyl (C=O) groups is 1. The van der Waals surface area contributed by atoms with Crippen molar-refractivity contribution in [1.82, 2.24) is 9.78 Å². The van der Waals surface area contributed by atoms with Crippen LogP contribution < -0.4 is 5.32 Å². The molecule has 0 fully saturated rings. The van der Waals surface area contributed by atoms with Gasteiger partial charge in [-0.05, 0) is 25.5 Å². The second kappa shape index (κ2) is 5.44. The van der Waals surface area contributed by atoms with Gasteiger partial charge in [-0.25, -0.2) is 4.79 Å². The molecule has 0 amide bonds. The Morgan fingerprint density at radius 2 is 2.16 bits per heavy atom. The average molecular weight is 279 g/mol. The third-order valence-electron chi connectivity index (χ3n) is 2.93. The van der Waals surface area contributed by atoms with Crippen LogP contribution >= 0.6 is 11.3 Å². The van der Waals surface area contributed by atoms with E-state index in [1.165, 1.54) is 9.75 Å². The quantitative estimate of drug-likeness (QED) is 0.883. The predicted octanol–water partition coefficient (Wildman–Crippen LogP) is 2.66. The van der Waals surface area contributed by atoms with E-state index in [0.29, 0.717) is 18.1 Å². The first-order valence-corrected chi connectivity index (χ1v) is 6.93. The molecule has 0 spiro atoms. The molecular formula is C13H17N3O2S. The highest BCUT2D eigenvalue weighted by atomic mass is 32.1. The molecule has 0 unspecified atom stereocenters. The molecular weight excluding hydrogens is 262 g/mol. The van der Waals surface area contributed by atoms with E-state index in [2.05, 4.69) is 29.5 Å². The van der Waals surface area contributed by atoms with Crippen LogP contribution in [0.25, 0.3) is 0 Å². The summed E-state index contributed by atoms with van der Waals surface area (Å²) in [6.07, 6.45) is 1.02. The zero-order chi connectivity index (χ0) is 14.0. The van der Waals surface area contributed by atoms with E-state index in [-0.39, 0.29) is 5.56 Å². The lowest BCUT2D eigenvalue weighted by Crippen LogP contribution is -2.08. The summed E-state index contributed by atoms with van der Waals surface area (Å²) in [6.45, 7) is 4.44. The highest BCUT2D eigenvalue weighted by Gasteiger charge is 2.19. The topological polar surface area (TPSA) is 67.2 Å². The van der Waals surface area contributed by atoms with Gasteiger partial charge < -0.3 is 10.4 Å². The van der Waals surface area contributed by atoms with E-state index in [4.69, 9.17) is 0 Å². The van der Waals surface area contributed by atoms with Crippen LogP contribution in [0.15, 0.2) is 12.1 Å². The zero-order valence-electron chi connectivity index (χ0n) is 11.2. The number of hydrogen-bond donors (Lipinski definition) is 2. The van der Waals surface area contributed by atoms with Crippen LogP contribution in [0.2, 0.25) is 0 Å². The normalized spacial score (nSPS) is 10.7. The summed E-state index contributed by atoms with van der Waals surface area (Å²) in [5.41, 5.74) is 0.771. The standard InChI is InChI=1S/C13H17N3O2S/c1-4-9-5-6-10(19-9)7-14-12-11(13(17)18)8(2)15-16(12)3/h5-6,14H,4,7H2,1-3H3,(H,17,18). The van der Waals surface area contributed by atoms with Crippen LogP contribution in [-0.2, 0) is 20.0 Å². The SMILES string of the molecule is CCc1ccc(CNc2c(C(=O)O)c(C)nn2C)s1. The lowest BCUT2D eigenvalue weighted by molar-refractivity contribution is 0.0697. The maximum absolute atomic E-state index is 11.2. The number of hydrogen-bond acceptors (Lipinski definition) is 4. The Bertz CT molecular complexity index is 601. The van der Waals surface area contributed by atoms with Crippen LogP contribution in [0.1, 0.15) is 32.7 Å².